The second kappa shape index (κ2) is 6.25. The minimum atomic E-state index is -0.219. The van der Waals surface area contributed by atoms with Crippen LogP contribution in [0.1, 0.15) is 5.56 Å². The molecule has 1 amide bonds. The third-order valence-corrected chi connectivity index (χ3v) is 3.99. The highest BCUT2D eigenvalue weighted by Crippen LogP contribution is 2.29. The van der Waals surface area contributed by atoms with Gasteiger partial charge in [-0.05, 0) is 34.1 Å². The minimum Gasteiger partial charge on any atom is -0.356 e. The molecule has 0 aliphatic carbocycles. The SMILES string of the molecule is CN(C)C(=O)C1CNCCN1c1ccc(C#N)cc1Br. The molecule has 1 aliphatic heterocycles. The number of nitrogens with one attached hydrogen (secondary N) is 1. The Morgan fingerprint density at radius 3 is 2.90 bits per heavy atom. The van der Waals surface area contributed by atoms with Crippen LogP contribution < -0.4 is 10.2 Å². The molecule has 0 saturated carbocycles. The maximum absolute atomic E-state index is 12.3. The van der Waals surface area contributed by atoms with Crippen molar-refractivity contribution in [3.63, 3.8) is 0 Å². The summed E-state index contributed by atoms with van der Waals surface area (Å²) >= 11 is 3.50. The molecular weight excluding hydrogens is 320 g/mol. The monoisotopic (exact) mass is 336 g/mol. The van der Waals surface area contributed by atoms with Gasteiger partial charge in [0.2, 0.25) is 5.91 Å². The molecular formula is C14H17BrN4O. The fourth-order valence-corrected chi connectivity index (χ4v) is 2.93. The predicted molar refractivity (Wildman–Crippen MR) is 81.6 cm³/mol. The Hall–Kier alpha value is -1.58. The molecule has 0 radical (unpaired) electrons. The molecule has 1 unspecified atom stereocenters. The first-order chi connectivity index (χ1) is 9.54. The van der Waals surface area contributed by atoms with Crippen LogP contribution in [0.15, 0.2) is 22.7 Å². The van der Waals surface area contributed by atoms with Gasteiger partial charge in [-0.2, -0.15) is 5.26 Å². The summed E-state index contributed by atoms with van der Waals surface area (Å²) in [7, 11) is 3.53. The lowest BCUT2D eigenvalue weighted by Gasteiger charge is -2.38. The number of anilines is 1. The van der Waals surface area contributed by atoms with Crippen molar-refractivity contribution in [1.29, 1.82) is 5.26 Å². The van der Waals surface area contributed by atoms with Gasteiger partial charge in [-0.15, -0.1) is 0 Å². The van der Waals surface area contributed by atoms with Crippen molar-refractivity contribution >= 4 is 27.5 Å². The van der Waals surface area contributed by atoms with Gasteiger partial charge in [-0.25, -0.2) is 0 Å². The molecule has 5 nitrogen and oxygen atoms in total. The lowest BCUT2D eigenvalue weighted by atomic mass is 10.1. The first-order valence-corrected chi connectivity index (χ1v) is 7.22. The van der Waals surface area contributed by atoms with E-state index in [1.54, 1.807) is 31.1 Å². The summed E-state index contributed by atoms with van der Waals surface area (Å²) in [6, 6.07) is 7.35. The molecule has 1 saturated heterocycles. The van der Waals surface area contributed by atoms with Crippen molar-refractivity contribution in [2.45, 2.75) is 6.04 Å². The molecule has 1 heterocycles. The van der Waals surface area contributed by atoms with Gasteiger partial charge in [0.1, 0.15) is 6.04 Å². The number of hydrogen-bond donors (Lipinski definition) is 1. The van der Waals surface area contributed by atoms with Gasteiger partial charge in [0, 0.05) is 38.2 Å². The van der Waals surface area contributed by atoms with Crippen molar-refractivity contribution in [2.24, 2.45) is 0 Å². The second-order valence-electron chi connectivity index (χ2n) is 4.92. The van der Waals surface area contributed by atoms with Gasteiger partial charge in [0.25, 0.3) is 0 Å². The van der Waals surface area contributed by atoms with Crippen LogP contribution in [-0.4, -0.2) is 50.6 Å². The molecule has 20 heavy (non-hydrogen) atoms. The molecule has 1 aromatic rings. The number of rotatable bonds is 2. The fourth-order valence-electron chi connectivity index (χ4n) is 2.32. The van der Waals surface area contributed by atoms with Crippen LogP contribution in [0.3, 0.4) is 0 Å². The number of nitriles is 1. The molecule has 106 valence electrons. The number of carbonyl (C=O) groups is 1. The molecule has 1 fully saturated rings. The Balaban J connectivity index is 2.33. The van der Waals surface area contributed by atoms with Gasteiger partial charge in [0.15, 0.2) is 0 Å². The third kappa shape index (κ3) is 2.94. The summed E-state index contributed by atoms with van der Waals surface area (Å²) < 4.78 is 0.843. The van der Waals surface area contributed by atoms with Crippen LogP contribution in [0.4, 0.5) is 5.69 Å². The van der Waals surface area contributed by atoms with E-state index in [2.05, 4.69) is 32.2 Å². The van der Waals surface area contributed by atoms with Crippen molar-refractivity contribution in [3.05, 3.63) is 28.2 Å². The zero-order valence-corrected chi connectivity index (χ0v) is 13.1. The summed E-state index contributed by atoms with van der Waals surface area (Å²) in [6.07, 6.45) is 0. The van der Waals surface area contributed by atoms with Crippen LogP contribution in [0.2, 0.25) is 0 Å². The molecule has 0 aromatic heterocycles. The van der Waals surface area contributed by atoms with E-state index in [0.29, 0.717) is 12.1 Å². The van der Waals surface area contributed by atoms with Crippen LogP contribution in [-0.2, 0) is 4.79 Å². The molecule has 6 heteroatoms. The number of nitrogens with zero attached hydrogens (tertiary/aromatic N) is 3. The molecule has 0 bridgehead atoms. The van der Waals surface area contributed by atoms with E-state index in [9.17, 15) is 4.79 Å². The van der Waals surface area contributed by atoms with Crippen molar-refractivity contribution in [1.82, 2.24) is 10.2 Å². The van der Waals surface area contributed by atoms with E-state index in [0.717, 1.165) is 23.2 Å². The fraction of sp³-hybridized carbons (Fsp3) is 0.429. The topological polar surface area (TPSA) is 59.4 Å². The number of piperazine rings is 1. The standard InChI is InChI=1S/C14H17BrN4O/c1-18(2)14(20)13-9-17-5-6-19(13)12-4-3-10(8-16)7-11(12)15/h3-4,7,13,17H,5-6,9H2,1-2H3. The van der Waals surface area contributed by atoms with Gasteiger partial charge in [-0.1, -0.05) is 0 Å². The zero-order valence-electron chi connectivity index (χ0n) is 11.6. The average Bonchev–Trinajstić information content (AvgIpc) is 2.46. The maximum atomic E-state index is 12.3. The molecule has 2 rings (SSSR count). The maximum Gasteiger partial charge on any atom is 0.246 e. The molecule has 1 N–H and O–H groups in total. The van der Waals surface area contributed by atoms with Crippen LogP contribution in [0.5, 0.6) is 0 Å². The minimum absolute atomic E-state index is 0.0773. The first-order valence-electron chi connectivity index (χ1n) is 6.42. The highest BCUT2D eigenvalue weighted by molar-refractivity contribution is 9.10. The third-order valence-electron chi connectivity index (χ3n) is 3.36. The van der Waals surface area contributed by atoms with E-state index in [4.69, 9.17) is 5.26 Å². The lowest BCUT2D eigenvalue weighted by Crippen LogP contribution is -2.58. The number of carbonyl (C=O) groups excluding carboxylic acids is 1. The zero-order chi connectivity index (χ0) is 14.7. The number of benzene rings is 1. The Kier molecular flexibility index (Phi) is 4.63. The Bertz CT molecular complexity index is 553. The quantitative estimate of drug-likeness (QED) is 0.881. The number of amides is 1. The number of hydrogen-bond acceptors (Lipinski definition) is 4. The summed E-state index contributed by atoms with van der Waals surface area (Å²) in [5, 5.41) is 12.2. The van der Waals surface area contributed by atoms with E-state index in [1.807, 2.05) is 6.07 Å². The normalized spacial score (nSPS) is 18.5. The predicted octanol–water partition coefficient (Wildman–Crippen LogP) is 1.19. The highest BCUT2D eigenvalue weighted by Gasteiger charge is 2.30. The van der Waals surface area contributed by atoms with Crippen molar-refractivity contribution < 1.29 is 4.79 Å². The van der Waals surface area contributed by atoms with E-state index >= 15 is 0 Å². The first kappa shape index (κ1) is 14.8. The van der Waals surface area contributed by atoms with E-state index in [-0.39, 0.29) is 11.9 Å². The van der Waals surface area contributed by atoms with Gasteiger partial charge in [0.05, 0.1) is 17.3 Å². The lowest BCUT2D eigenvalue weighted by molar-refractivity contribution is -0.130. The highest BCUT2D eigenvalue weighted by atomic mass is 79.9. The molecule has 1 aromatic carbocycles. The number of likely N-dealkylation sites (N-methyl/N-ethyl adjacent to an activating group) is 1. The van der Waals surface area contributed by atoms with Crippen LogP contribution in [0, 0.1) is 11.3 Å². The van der Waals surface area contributed by atoms with Crippen molar-refractivity contribution in [2.75, 3.05) is 38.6 Å². The van der Waals surface area contributed by atoms with E-state index in [1.165, 1.54) is 0 Å². The van der Waals surface area contributed by atoms with Gasteiger partial charge < -0.3 is 15.1 Å². The van der Waals surface area contributed by atoms with E-state index < -0.39 is 0 Å². The second-order valence-corrected chi connectivity index (χ2v) is 5.78. The summed E-state index contributed by atoms with van der Waals surface area (Å²) in [5.74, 6) is 0.0773. The number of halogens is 1. The summed E-state index contributed by atoms with van der Waals surface area (Å²) in [6.45, 7) is 2.22. The molecule has 1 atom stereocenters. The summed E-state index contributed by atoms with van der Waals surface area (Å²) in [4.78, 5) is 16.0. The van der Waals surface area contributed by atoms with Crippen LogP contribution >= 0.6 is 15.9 Å². The Morgan fingerprint density at radius 1 is 1.55 bits per heavy atom. The molecule has 1 aliphatic rings. The Labute approximate surface area is 127 Å². The summed E-state index contributed by atoms with van der Waals surface area (Å²) in [5.41, 5.74) is 1.55. The molecule has 0 spiro atoms. The average molecular weight is 337 g/mol. The van der Waals surface area contributed by atoms with Crippen LogP contribution in [0.25, 0.3) is 0 Å². The Morgan fingerprint density at radius 2 is 2.30 bits per heavy atom. The smallest absolute Gasteiger partial charge is 0.246 e. The van der Waals surface area contributed by atoms with Gasteiger partial charge in [-0.3, -0.25) is 4.79 Å². The van der Waals surface area contributed by atoms with Gasteiger partial charge >= 0.3 is 0 Å². The van der Waals surface area contributed by atoms with Crippen molar-refractivity contribution in [3.8, 4) is 6.07 Å². The largest absolute Gasteiger partial charge is 0.356 e.